The summed E-state index contributed by atoms with van der Waals surface area (Å²) in [6.45, 7) is 8.17. The van der Waals surface area contributed by atoms with Crippen LogP contribution in [0.1, 0.15) is 39.4 Å². The van der Waals surface area contributed by atoms with E-state index in [1.807, 2.05) is 26.1 Å². The molecule has 0 spiro atoms. The van der Waals surface area contributed by atoms with Crippen LogP contribution in [0.5, 0.6) is 0 Å². The van der Waals surface area contributed by atoms with Gasteiger partial charge in [0.1, 0.15) is 5.82 Å². The first-order chi connectivity index (χ1) is 9.43. The van der Waals surface area contributed by atoms with Gasteiger partial charge in [-0.25, -0.2) is 4.39 Å². The summed E-state index contributed by atoms with van der Waals surface area (Å²) >= 11 is 0. The van der Waals surface area contributed by atoms with Gasteiger partial charge >= 0.3 is 0 Å². The van der Waals surface area contributed by atoms with Crippen molar-refractivity contribution in [1.82, 2.24) is 5.32 Å². The summed E-state index contributed by atoms with van der Waals surface area (Å²) < 4.78 is 14.3. The van der Waals surface area contributed by atoms with E-state index >= 15 is 0 Å². The maximum Gasteiger partial charge on any atom is 0.128 e. The number of aryl methyl sites for hydroxylation is 4. The Balaban J connectivity index is 2.58. The third-order valence-electron chi connectivity index (χ3n) is 3.78. The van der Waals surface area contributed by atoms with Crippen molar-refractivity contribution in [2.24, 2.45) is 0 Å². The summed E-state index contributed by atoms with van der Waals surface area (Å²) in [7, 11) is 1.88. The molecular weight excluding hydrogens is 249 g/mol. The lowest BCUT2D eigenvalue weighted by molar-refractivity contribution is 0.573. The van der Waals surface area contributed by atoms with Crippen LogP contribution in [0.3, 0.4) is 0 Å². The minimum absolute atomic E-state index is 0.115. The molecule has 2 heteroatoms. The standard InChI is InChI=1S/C18H22FN/c1-11-6-7-15(16(19)10-11)18(20-5)17-13(3)8-12(2)9-14(17)4/h6-10,18,20H,1-5H3. The van der Waals surface area contributed by atoms with Crippen molar-refractivity contribution < 1.29 is 4.39 Å². The minimum Gasteiger partial charge on any atom is -0.309 e. The van der Waals surface area contributed by atoms with Crippen LogP contribution in [0, 0.1) is 33.5 Å². The molecule has 0 fully saturated rings. The number of hydrogen-bond donors (Lipinski definition) is 1. The lowest BCUT2D eigenvalue weighted by Crippen LogP contribution is -2.21. The highest BCUT2D eigenvalue weighted by Gasteiger charge is 2.20. The smallest absolute Gasteiger partial charge is 0.128 e. The fourth-order valence-electron chi connectivity index (χ4n) is 2.97. The Morgan fingerprint density at radius 3 is 2.00 bits per heavy atom. The molecule has 0 aliphatic heterocycles. The van der Waals surface area contributed by atoms with Crippen molar-refractivity contribution in [3.8, 4) is 0 Å². The molecule has 0 bridgehead atoms. The van der Waals surface area contributed by atoms with Crippen LogP contribution in [0.15, 0.2) is 30.3 Å². The number of halogens is 1. The monoisotopic (exact) mass is 271 g/mol. The molecule has 2 aromatic rings. The molecule has 0 aromatic heterocycles. The van der Waals surface area contributed by atoms with Crippen LogP contribution in [0.25, 0.3) is 0 Å². The predicted octanol–water partition coefficient (Wildman–Crippen LogP) is 4.37. The molecule has 106 valence electrons. The van der Waals surface area contributed by atoms with Crippen molar-refractivity contribution in [1.29, 1.82) is 0 Å². The second-order valence-electron chi connectivity index (χ2n) is 5.56. The van der Waals surface area contributed by atoms with E-state index in [2.05, 4.69) is 38.2 Å². The maximum atomic E-state index is 14.3. The fraction of sp³-hybridized carbons (Fsp3) is 0.333. The highest BCUT2D eigenvalue weighted by Crippen LogP contribution is 2.30. The van der Waals surface area contributed by atoms with Gasteiger partial charge in [0.15, 0.2) is 0 Å². The van der Waals surface area contributed by atoms with Crippen molar-refractivity contribution in [2.75, 3.05) is 7.05 Å². The third-order valence-corrected chi connectivity index (χ3v) is 3.78. The summed E-state index contributed by atoms with van der Waals surface area (Å²) in [5.41, 5.74) is 6.44. The second kappa shape index (κ2) is 5.76. The molecule has 0 saturated carbocycles. The van der Waals surface area contributed by atoms with Gasteiger partial charge in [-0.05, 0) is 63.1 Å². The van der Waals surface area contributed by atoms with Gasteiger partial charge in [-0.3, -0.25) is 0 Å². The van der Waals surface area contributed by atoms with E-state index in [-0.39, 0.29) is 11.9 Å². The van der Waals surface area contributed by atoms with Crippen LogP contribution in [0.2, 0.25) is 0 Å². The Hall–Kier alpha value is -1.67. The van der Waals surface area contributed by atoms with Crippen molar-refractivity contribution in [3.63, 3.8) is 0 Å². The van der Waals surface area contributed by atoms with Crippen molar-refractivity contribution in [3.05, 3.63) is 69.5 Å². The molecule has 2 rings (SSSR count). The molecule has 1 nitrogen and oxygen atoms in total. The number of rotatable bonds is 3. The molecule has 0 aliphatic rings. The highest BCUT2D eigenvalue weighted by atomic mass is 19.1. The van der Waals surface area contributed by atoms with Crippen molar-refractivity contribution >= 4 is 0 Å². The van der Waals surface area contributed by atoms with Crippen molar-refractivity contribution in [2.45, 2.75) is 33.7 Å². The Labute approximate surface area is 120 Å². The molecule has 1 N–H and O–H groups in total. The SMILES string of the molecule is CNC(c1ccc(C)cc1F)c1c(C)cc(C)cc1C. The average Bonchev–Trinajstić information content (AvgIpc) is 2.34. The number of nitrogens with one attached hydrogen (secondary N) is 1. The molecule has 0 heterocycles. The van der Waals surface area contributed by atoms with Gasteiger partial charge in [-0.15, -0.1) is 0 Å². The van der Waals surface area contributed by atoms with Crippen LogP contribution in [-0.4, -0.2) is 7.05 Å². The topological polar surface area (TPSA) is 12.0 Å². The Kier molecular flexibility index (Phi) is 4.24. The largest absolute Gasteiger partial charge is 0.309 e. The zero-order valence-electron chi connectivity index (χ0n) is 12.8. The van der Waals surface area contributed by atoms with E-state index in [1.54, 1.807) is 6.07 Å². The van der Waals surface area contributed by atoms with Gasteiger partial charge in [0.2, 0.25) is 0 Å². The molecule has 2 aromatic carbocycles. The molecule has 0 aliphatic carbocycles. The molecule has 1 unspecified atom stereocenters. The molecular formula is C18H22FN. The quantitative estimate of drug-likeness (QED) is 0.874. The second-order valence-corrected chi connectivity index (χ2v) is 5.56. The van der Waals surface area contributed by atoms with Gasteiger partial charge in [0.05, 0.1) is 6.04 Å². The van der Waals surface area contributed by atoms with Crippen LogP contribution in [0.4, 0.5) is 4.39 Å². The average molecular weight is 271 g/mol. The third kappa shape index (κ3) is 2.75. The zero-order valence-corrected chi connectivity index (χ0v) is 12.8. The van der Waals surface area contributed by atoms with Gasteiger partial charge < -0.3 is 5.32 Å². The summed E-state index contributed by atoms with van der Waals surface area (Å²) in [6.07, 6.45) is 0. The first kappa shape index (κ1) is 14.7. The lowest BCUT2D eigenvalue weighted by Gasteiger charge is -2.23. The molecule has 1 atom stereocenters. The normalized spacial score (nSPS) is 12.5. The van der Waals surface area contributed by atoms with E-state index < -0.39 is 0 Å². The summed E-state index contributed by atoms with van der Waals surface area (Å²) in [6, 6.07) is 9.62. The van der Waals surface area contributed by atoms with E-state index in [1.165, 1.54) is 22.3 Å². The number of benzene rings is 2. The van der Waals surface area contributed by atoms with E-state index in [9.17, 15) is 4.39 Å². The molecule has 0 radical (unpaired) electrons. The Morgan fingerprint density at radius 2 is 1.50 bits per heavy atom. The van der Waals surface area contributed by atoms with E-state index in [4.69, 9.17) is 0 Å². The van der Waals surface area contributed by atoms with E-state index in [0.29, 0.717) is 5.56 Å². The lowest BCUT2D eigenvalue weighted by atomic mass is 9.89. The first-order valence-electron chi connectivity index (χ1n) is 6.95. The van der Waals surface area contributed by atoms with Gasteiger partial charge in [0, 0.05) is 5.56 Å². The Morgan fingerprint density at radius 1 is 0.900 bits per heavy atom. The Bertz CT molecular complexity index is 608. The summed E-state index contributed by atoms with van der Waals surface area (Å²) in [5, 5.41) is 3.26. The highest BCUT2D eigenvalue weighted by molar-refractivity contribution is 5.44. The maximum absolute atomic E-state index is 14.3. The molecule has 0 amide bonds. The first-order valence-corrected chi connectivity index (χ1v) is 6.95. The fourth-order valence-corrected chi connectivity index (χ4v) is 2.97. The minimum atomic E-state index is -0.149. The van der Waals surface area contributed by atoms with Crippen LogP contribution >= 0.6 is 0 Å². The zero-order chi connectivity index (χ0) is 14.9. The van der Waals surface area contributed by atoms with E-state index in [0.717, 1.165) is 5.56 Å². The van der Waals surface area contributed by atoms with Crippen LogP contribution < -0.4 is 5.32 Å². The number of hydrogen-bond acceptors (Lipinski definition) is 1. The summed E-state index contributed by atoms with van der Waals surface area (Å²) in [4.78, 5) is 0. The van der Waals surface area contributed by atoms with Gasteiger partial charge in [0.25, 0.3) is 0 Å². The van der Waals surface area contributed by atoms with Gasteiger partial charge in [-0.1, -0.05) is 29.8 Å². The van der Waals surface area contributed by atoms with Gasteiger partial charge in [-0.2, -0.15) is 0 Å². The molecule has 20 heavy (non-hydrogen) atoms. The summed E-state index contributed by atoms with van der Waals surface area (Å²) in [5.74, 6) is -0.149. The molecule has 0 saturated heterocycles. The predicted molar refractivity (Wildman–Crippen MR) is 82.7 cm³/mol. The van der Waals surface area contributed by atoms with Crippen LogP contribution in [-0.2, 0) is 0 Å².